The number of aliphatic hydroxyl groups excluding tert-OH is 1. The van der Waals surface area contributed by atoms with Crippen LogP contribution in [0.2, 0.25) is 0 Å². The molecule has 1 heterocycles. The zero-order valence-corrected chi connectivity index (χ0v) is 20.4. The number of halogens is 3. The van der Waals surface area contributed by atoms with Gasteiger partial charge in [-0.2, -0.15) is 18.4 Å². The minimum absolute atomic E-state index is 0.0462. The van der Waals surface area contributed by atoms with Gasteiger partial charge in [-0.1, -0.05) is 24.3 Å². The average Bonchev–Trinajstić information content (AvgIpc) is 2.87. The summed E-state index contributed by atoms with van der Waals surface area (Å²) < 4.78 is 45.2. The van der Waals surface area contributed by atoms with Gasteiger partial charge in [0, 0.05) is 11.4 Å². The molecule has 1 aliphatic heterocycles. The Balaban J connectivity index is 2.34. The van der Waals surface area contributed by atoms with E-state index in [2.05, 4.69) is 0 Å². The zero-order valence-electron chi connectivity index (χ0n) is 20.4. The molecule has 0 radical (unpaired) electrons. The number of guanidine groups is 1. The Kier molecular flexibility index (Phi) is 8.23. The first-order valence-corrected chi connectivity index (χ1v) is 11.2. The van der Waals surface area contributed by atoms with Gasteiger partial charge in [0.15, 0.2) is 0 Å². The van der Waals surface area contributed by atoms with Gasteiger partial charge in [0.25, 0.3) is 0 Å². The summed E-state index contributed by atoms with van der Waals surface area (Å²) in [6.45, 7) is 1.18. The van der Waals surface area contributed by atoms with E-state index in [0.29, 0.717) is 11.1 Å². The topological polar surface area (TPSA) is 144 Å². The highest BCUT2D eigenvalue weighted by atomic mass is 19.4. The number of urea groups is 1. The number of carbonyl (C=O) groups is 2. The Morgan fingerprint density at radius 1 is 1.24 bits per heavy atom. The first kappa shape index (κ1) is 27.9. The maximum atomic E-state index is 13.4. The maximum Gasteiger partial charge on any atom is 0.416 e. The molecule has 1 unspecified atom stereocenters. The minimum atomic E-state index is -4.68. The summed E-state index contributed by atoms with van der Waals surface area (Å²) >= 11 is 0. The lowest BCUT2D eigenvalue weighted by atomic mass is 9.88. The molecule has 2 amide bonds. The van der Waals surface area contributed by atoms with Gasteiger partial charge < -0.3 is 15.6 Å². The number of allylic oxidation sites excluding steroid dienone is 2. The third-order valence-electron chi connectivity index (χ3n) is 5.95. The van der Waals surface area contributed by atoms with Crippen molar-refractivity contribution in [2.75, 3.05) is 18.6 Å². The number of methoxy groups -OCH3 is 1. The highest BCUT2D eigenvalue weighted by Gasteiger charge is 2.44. The van der Waals surface area contributed by atoms with Crippen LogP contribution in [0.3, 0.4) is 0 Å². The van der Waals surface area contributed by atoms with Crippen molar-refractivity contribution in [3.8, 4) is 6.07 Å². The molecular weight excluding hydrogens is 503 g/mol. The number of nitrogens with two attached hydrogens (primary N) is 1. The lowest BCUT2D eigenvalue weighted by molar-refractivity contribution is -0.138. The van der Waals surface area contributed by atoms with Crippen LogP contribution in [0, 0.1) is 16.7 Å². The maximum absolute atomic E-state index is 13.4. The predicted molar refractivity (Wildman–Crippen MR) is 132 cm³/mol. The number of esters is 1. The molecule has 3 rings (SSSR count). The molecular formula is C26H24F3N5O4. The number of nitrogens with one attached hydrogen (secondary N) is 1. The van der Waals surface area contributed by atoms with E-state index in [4.69, 9.17) is 21.0 Å². The number of primary amides is 1. The van der Waals surface area contributed by atoms with Gasteiger partial charge in [0.2, 0.25) is 5.96 Å². The largest absolute Gasteiger partial charge is 0.466 e. The van der Waals surface area contributed by atoms with Gasteiger partial charge >= 0.3 is 18.2 Å². The number of hydrogen-bond acceptors (Lipinski definition) is 6. The monoisotopic (exact) mass is 527 g/mol. The van der Waals surface area contributed by atoms with Crippen LogP contribution in [-0.2, 0) is 22.1 Å². The zero-order chi connectivity index (χ0) is 28.2. The molecule has 9 nitrogen and oxygen atoms in total. The summed E-state index contributed by atoms with van der Waals surface area (Å²) in [6, 6.07) is 8.15. The fourth-order valence-electron chi connectivity index (χ4n) is 4.27. The molecule has 2 aromatic rings. The molecule has 1 atom stereocenters. The van der Waals surface area contributed by atoms with E-state index >= 15 is 0 Å². The number of rotatable bonds is 6. The number of aliphatic hydroxyl groups is 1. The number of benzene rings is 2. The van der Waals surface area contributed by atoms with Gasteiger partial charge in [0.05, 0.1) is 36.5 Å². The normalized spacial score (nSPS) is 16.1. The Hall–Kier alpha value is -4.63. The fourth-order valence-corrected chi connectivity index (χ4v) is 4.27. The number of carbonyl (C=O) groups excluding carboxylic acids is 2. The molecule has 2 aromatic carbocycles. The van der Waals surface area contributed by atoms with E-state index in [-0.39, 0.29) is 35.5 Å². The first-order chi connectivity index (χ1) is 18.0. The van der Waals surface area contributed by atoms with E-state index < -0.39 is 35.7 Å². The predicted octanol–water partition coefficient (Wildman–Crippen LogP) is 3.99. The second-order valence-corrected chi connectivity index (χ2v) is 8.19. The average molecular weight is 528 g/mol. The summed E-state index contributed by atoms with van der Waals surface area (Å²) in [5.41, 5.74) is 5.55. The number of nitrogens with zero attached hydrogens (tertiary/aromatic N) is 3. The van der Waals surface area contributed by atoms with Crippen molar-refractivity contribution in [2.24, 2.45) is 5.73 Å². The van der Waals surface area contributed by atoms with Crippen molar-refractivity contribution in [1.29, 1.82) is 10.7 Å². The molecule has 198 valence electrons. The van der Waals surface area contributed by atoms with Gasteiger partial charge in [-0.3, -0.25) is 15.2 Å². The van der Waals surface area contributed by atoms with E-state index in [9.17, 15) is 28.0 Å². The molecule has 0 saturated heterocycles. The van der Waals surface area contributed by atoms with Crippen LogP contribution in [0.1, 0.15) is 35.2 Å². The number of alkyl halides is 3. The molecule has 0 saturated carbocycles. The summed E-state index contributed by atoms with van der Waals surface area (Å²) in [6.07, 6.45) is -1.41. The number of anilines is 1. The fraction of sp³-hybridized carbons (Fsp3) is 0.231. The van der Waals surface area contributed by atoms with Crippen molar-refractivity contribution in [1.82, 2.24) is 4.90 Å². The van der Waals surface area contributed by atoms with Crippen LogP contribution < -0.4 is 10.6 Å². The van der Waals surface area contributed by atoms with Crippen LogP contribution >= 0.6 is 0 Å². The molecule has 0 aromatic heterocycles. The number of hydrogen-bond donors (Lipinski definition) is 3. The lowest BCUT2D eigenvalue weighted by Crippen LogP contribution is -2.55. The van der Waals surface area contributed by atoms with E-state index in [1.54, 1.807) is 6.08 Å². The first-order valence-electron chi connectivity index (χ1n) is 11.2. The van der Waals surface area contributed by atoms with E-state index in [1.165, 1.54) is 37.3 Å². The Morgan fingerprint density at radius 2 is 1.95 bits per heavy atom. The lowest BCUT2D eigenvalue weighted by Gasteiger charge is -2.43. The SMILES string of the molecule is COC(=O)C1=C(C)N(c2cccc(C(F)(F)F)c2)C(=N)N(C(N)=O)C1c1ccc(C#N)cc1CC=CCO. The second-order valence-electron chi connectivity index (χ2n) is 8.19. The Bertz CT molecular complexity index is 1380. The van der Waals surface area contributed by atoms with Crippen LogP contribution in [-0.4, -0.2) is 41.7 Å². The number of amides is 2. The standard InChI is InChI=1S/C26H24F3N5O4/c1-15-21(23(36)38-2)22(20-10-9-16(14-30)12-17(20)6-3-4-11-35)34(25(32)37)24(31)33(15)19-8-5-7-18(13-19)26(27,28)29/h3-5,7-10,12-13,22,31,35H,6,11H2,1-2H3,(H2,32,37). The molecule has 0 fully saturated rings. The summed E-state index contributed by atoms with van der Waals surface area (Å²) in [5.74, 6) is -1.49. The van der Waals surface area contributed by atoms with Crippen LogP contribution in [0.5, 0.6) is 0 Å². The van der Waals surface area contributed by atoms with Gasteiger partial charge in [-0.15, -0.1) is 0 Å². The third kappa shape index (κ3) is 5.37. The van der Waals surface area contributed by atoms with Crippen molar-refractivity contribution in [3.05, 3.63) is 88.1 Å². The van der Waals surface area contributed by atoms with Crippen LogP contribution in [0.4, 0.5) is 23.7 Å². The summed E-state index contributed by atoms with van der Waals surface area (Å²) in [7, 11) is 1.10. The molecule has 0 aliphatic carbocycles. The second kappa shape index (κ2) is 11.2. The van der Waals surface area contributed by atoms with Crippen molar-refractivity contribution < 1.29 is 32.6 Å². The van der Waals surface area contributed by atoms with Crippen molar-refractivity contribution in [2.45, 2.75) is 25.6 Å². The van der Waals surface area contributed by atoms with Crippen molar-refractivity contribution in [3.63, 3.8) is 0 Å². The van der Waals surface area contributed by atoms with Gasteiger partial charge in [-0.05, 0) is 54.8 Å². The van der Waals surface area contributed by atoms with Crippen LogP contribution in [0.25, 0.3) is 0 Å². The molecule has 1 aliphatic rings. The molecule has 4 N–H and O–H groups in total. The molecule has 38 heavy (non-hydrogen) atoms. The molecule has 0 bridgehead atoms. The highest BCUT2D eigenvalue weighted by Crippen LogP contribution is 2.42. The highest BCUT2D eigenvalue weighted by molar-refractivity contribution is 6.10. The molecule has 12 heteroatoms. The molecule has 0 spiro atoms. The summed E-state index contributed by atoms with van der Waals surface area (Å²) in [5, 5.41) is 27.3. The Labute approximate surface area is 216 Å². The number of nitriles is 1. The van der Waals surface area contributed by atoms with Gasteiger partial charge in [0.1, 0.15) is 6.04 Å². The Morgan fingerprint density at radius 3 is 2.53 bits per heavy atom. The van der Waals surface area contributed by atoms with Crippen LogP contribution in [0.15, 0.2) is 65.9 Å². The van der Waals surface area contributed by atoms with E-state index in [1.807, 2.05) is 6.07 Å². The van der Waals surface area contributed by atoms with E-state index in [0.717, 1.165) is 35.1 Å². The number of ether oxygens (including phenoxy) is 1. The third-order valence-corrected chi connectivity index (χ3v) is 5.95. The van der Waals surface area contributed by atoms with Crippen molar-refractivity contribution >= 4 is 23.6 Å². The summed E-state index contributed by atoms with van der Waals surface area (Å²) in [4.78, 5) is 27.6. The quantitative estimate of drug-likeness (QED) is 0.383. The van der Waals surface area contributed by atoms with Gasteiger partial charge in [-0.25, -0.2) is 9.59 Å². The smallest absolute Gasteiger partial charge is 0.416 e. The minimum Gasteiger partial charge on any atom is -0.466 e.